The number of rotatable bonds is 6. The van der Waals surface area contributed by atoms with Crippen LogP contribution in [-0.2, 0) is 9.47 Å². The van der Waals surface area contributed by atoms with Gasteiger partial charge in [0.1, 0.15) is 12.4 Å². The standard InChI is InChI=1S/C10H18O3/c1-4-9(5-6-11)7-10(13-3)8-12-2/h4,7,11H,5-6,8H2,1-3H3/b9-4-,10-7+. The third kappa shape index (κ3) is 5.44. The van der Waals surface area contributed by atoms with E-state index < -0.39 is 0 Å². The molecule has 0 aliphatic carbocycles. The minimum Gasteiger partial charge on any atom is -0.499 e. The lowest BCUT2D eigenvalue weighted by Crippen LogP contribution is -1.98. The smallest absolute Gasteiger partial charge is 0.121 e. The van der Waals surface area contributed by atoms with Crippen molar-refractivity contribution in [2.24, 2.45) is 0 Å². The van der Waals surface area contributed by atoms with Crippen molar-refractivity contribution in [2.45, 2.75) is 13.3 Å². The highest BCUT2D eigenvalue weighted by Gasteiger charge is 1.97. The molecule has 76 valence electrons. The SMILES string of the molecule is C/C=C(\C=C(/COC)OC)CCO. The molecule has 0 bridgehead atoms. The van der Waals surface area contributed by atoms with E-state index in [1.165, 1.54) is 0 Å². The van der Waals surface area contributed by atoms with Gasteiger partial charge in [0.25, 0.3) is 0 Å². The van der Waals surface area contributed by atoms with E-state index in [0.717, 1.165) is 11.3 Å². The zero-order valence-corrected chi connectivity index (χ0v) is 8.54. The van der Waals surface area contributed by atoms with Gasteiger partial charge in [-0.05, 0) is 25.0 Å². The third-order valence-corrected chi connectivity index (χ3v) is 1.67. The fraction of sp³-hybridized carbons (Fsp3) is 0.600. The van der Waals surface area contributed by atoms with E-state index in [9.17, 15) is 0 Å². The molecule has 0 atom stereocenters. The average molecular weight is 186 g/mol. The van der Waals surface area contributed by atoms with E-state index in [0.29, 0.717) is 13.0 Å². The zero-order valence-electron chi connectivity index (χ0n) is 8.54. The molecule has 0 saturated carbocycles. The fourth-order valence-corrected chi connectivity index (χ4v) is 0.937. The first-order valence-electron chi connectivity index (χ1n) is 4.28. The highest BCUT2D eigenvalue weighted by Crippen LogP contribution is 2.07. The van der Waals surface area contributed by atoms with E-state index in [1.807, 2.05) is 19.1 Å². The largest absolute Gasteiger partial charge is 0.499 e. The Morgan fingerprint density at radius 2 is 2.08 bits per heavy atom. The van der Waals surface area contributed by atoms with Crippen molar-refractivity contribution in [3.8, 4) is 0 Å². The lowest BCUT2D eigenvalue weighted by Gasteiger charge is -2.06. The Balaban J connectivity index is 4.27. The molecule has 0 radical (unpaired) electrons. The van der Waals surface area contributed by atoms with E-state index in [4.69, 9.17) is 14.6 Å². The van der Waals surface area contributed by atoms with Gasteiger partial charge >= 0.3 is 0 Å². The second-order valence-corrected chi connectivity index (χ2v) is 2.58. The molecule has 1 N–H and O–H groups in total. The van der Waals surface area contributed by atoms with Crippen LogP contribution < -0.4 is 0 Å². The molecule has 13 heavy (non-hydrogen) atoms. The first-order chi connectivity index (χ1) is 6.28. The van der Waals surface area contributed by atoms with E-state index >= 15 is 0 Å². The summed E-state index contributed by atoms with van der Waals surface area (Å²) in [5.74, 6) is 0.768. The molecule has 0 aliphatic rings. The second-order valence-electron chi connectivity index (χ2n) is 2.58. The van der Waals surface area contributed by atoms with Gasteiger partial charge in [0, 0.05) is 13.7 Å². The van der Waals surface area contributed by atoms with Crippen LogP contribution >= 0.6 is 0 Å². The molecule has 0 amide bonds. The topological polar surface area (TPSA) is 38.7 Å². The predicted octanol–water partition coefficient (Wildman–Crippen LogP) is 1.49. The van der Waals surface area contributed by atoms with E-state index in [2.05, 4.69) is 0 Å². The minimum atomic E-state index is 0.153. The molecule has 0 aliphatic heterocycles. The number of hydrogen-bond donors (Lipinski definition) is 1. The second kappa shape index (κ2) is 7.83. The number of aliphatic hydroxyl groups is 1. The van der Waals surface area contributed by atoms with Crippen LogP contribution in [0.1, 0.15) is 13.3 Å². The van der Waals surface area contributed by atoms with Crippen molar-refractivity contribution < 1.29 is 14.6 Å². The van der Waals surface area contributed by atoms with Crippen LogP contribution in [0.3, 0.4) is 0 Å². The van der Waals surface area contributed by atoms with Crippen molar-refractivity contribution in [2.75, 3.05) is 27.4 Å². The summed E-state index contributed by atoms with van der Waals surface area (Å²) in [4.78, 5) is 0. The Labute approximate surface area is 79.7 Å². The number of ether oxygens (including phenoxy) is 2. The van der Waals surface area contributed by atoms with Gasteiger partial charge in [0.05, 0.1) is 7.11 Å². The molecule has 0 unspecified atom stereocenters. The summed E-state index contributed by atoms with van der Waals surface area (Å²) in [5, 5.41) is 8.74. The number of hydrogen-bond acceptors (Lipinski definition) is 3. The lowest BCUT2D eigenvalue weighted by molar-refractivity contribution is 0.159. The molecule has 0 saturated heterocycles. The molecule has 3 heteroatoms. The third-order valence-electron chi connectivity index (χ3n) is 1.67. The number of aliphatic hydroxyl groups excluding tert-OH is 1. The molecule has 3 nitrogen and oxygen atoms in total. The maximum Gasteiger partial charge on any atom is 0.121 e. The molecular formula is C10H18O3. The van der Waals surface area contributed by atoms with Crippen molar-refractivity contribution in [1.29, 1.82) is 0 Å². The summed E-state index contributed by atoms with van der Waals surface area (Å²) in [6.45, 7) is 2.54. The molecular weight excluding hydrogens is 168 g/mol. The molecule has 0 fully saturated rings. The van der Waals surface area contributed by atoms with Crippen LogP contribution in [0.4, 0.5) is 0 Å². The van der Waals surface area contributed by atoms with E-state index in [1.54, 1.807) is 14.2 Å². The van der Waals surface area contributed by atoms with Gasteiger partial charge in [-0.15, -0.1) is 0 Å². The summed E-state index contributed by atoms with van der Waals surface area (Å²) in [6, 6.07) is 0. The van der Waals surface area contributed by atoms with Crippen LogP contribution in [0.15, 0.2) is 23.5 Å². The average Bonchev–Trinajstić information content (AvgIpc) is 2.16. The zero-order chi connectivity index (χ0) is 10.1. The van der Waals surface area contributed by atoms with Gasteiger partial charge in [-0.1, -0.05) is 6.08 Å². The van der Waals surface area contributed by atoms with E-state index in [-0.39, 0.29) is 6.61 Å². The summed E-state index contributed by atoms with van der Waals surface area (Å²) < 4.78 is 10.0. The highest BCUT2D eigenvalue weighted by atomic mass is 16.5. The van der Waals surface area contributed by atoms with Crippen LogP contribution in [-0.4, -0.2) is 32.5 Å². The molecule has 0 aromatic rings. The highest BCUT2D eigenvalue weighted by molar-refractivity contribution is 5.20. The van der Waals surface area contributed by atoms with Crippen molar-refractivity contribution in [3.05, 3.63) is 23.5 Å². The Morgan fingerprint density at radius 1 is 1.38 bits per heavy atom. The van der Waals surface area contributed by atoms with Crippen LogP contribution in [0.2, 0.25) is 0 Å². The molecule has 0 spiro atoms. The number of methoxy groups -OCH3 is 2. The number of allylic oxidation sites excluding steroid dienone is 2. The first-order valence-corrected chi connectivity index (χ1v) is 4.28. The van der Waals surface area contributed by atoms with Crippen LogP contribution in [0, 0.1) is 0 Å². The van der Waals surface area contributed by atoms with Gasteiger partial charge in [-0.3, -0.25) is 0 Å². The Bertz CT molecular complexity index is 183. The van der Waals surface area contributed by atoms with Gasteiger partial charge in [-0.25, -0.2) is 0 Å². The van der Waals surface area contributed by atoms with Gasteiger partial charge in [-0.2, -0.15) is 0 Å². The van der Waals surface area contributed by atoms with Crippen molar-refractivity contribution in [1.82, 2.24) is 0 Å². The summed E-state index contributed by atoms with van der Waals surface area (Å²) in [5.41, 5.74) is 1.05. The quantitative estimate of drug-likeness (QED) is 0.504. The Kier molecular flexibility index (Phi) is 7.35. The summed E-state index contributed by atoms with van der Waals surface area (Å²) in [7, 11) is 3.23. The van der Waals surface area contributed by atoms with Crippen molar-refractivity contribution in [3.63, 3.8) is 0 Å². The molecule has 0 aromatic heterocycles. The normalized spacial score (nSPS) is 13.2. The van der Waals surface area contributed by atoms with Crippen LogP contribution in [0.5, 0.6) is 0 Å². The van der Waals surface area contributed by atoms with Gasteiger partial charge in [0.15, 0.2) is 0 Å². The van der Waals surface area contributed by atoms with Crippen molar-refractivity contribution >= 4 is 0 Å². The Morgan fingerprint density at radius 3 is 2.46 bits per heavy atom. The maximum atomic E-state index is 8.74. The summed E-state index contributed by atoms with van der Waals surface area (Å²) >= 11 is 0. The monoisotopic (exact) mass is 186 g/mol. The van der Waals surface area contributed by atoms with Crippen LogP contribution in [0.25, 0.3) is 0 Å². The summed E-state index contributed by atoms with van der Waals surface area (Å²) in [6.07, 6.45) is 4.48. The Hall–Kier alpha value is -0.800. The molecule has 0 aromatic carbocycles. The first kappa shape index (κ1) is 12.2. The molecule has 0 heterocycles. The van der Waals surface area contributed by atoms with Gasteiger partial charge < -0.3 is 14.6 Å². The molecule has 0 rings (SSSR count). The predicted molar refractivity (Wildman–Crippen MR) is 52.4 cm³/mol. The maximum absolute atomic E-state index is 8.74. The fourth-order valence-electron chi connectivity index (χ4n) is 0.937. The minimum absolute atomic E-state index is 0.153. The van der Waals surface area contributed by atoms with Gasteiger partial charge in [0.2, 0.25) is 0 Å². The lowest BCUT2D eigenvalue weighted by atomic mass is 10.1.